The summed E-state index contributed by atoms with van der Waals surface area (Å²) in [7, 11) is 1.79. The molecule has 0 saturated heterocycles. The number of fused-ring (bicyclic) bond motifs is 1. The van der Waals surface area contributed by atoms with Crippen LogP contribution in [0.4, 0.5) is 0 Å². The van der Waals surface area contributed by atoms with Gasteiger partial charge in [0.25, 0.3) is 5.22 Å². The summed E-state index contributed by atoms with van der Waals surface area (Å²) in [5.41, 5.74) is 0.692. The summed E-state index contributed by atoms with van der Waals surface area (Å²) in [6.07, 6.45) is 3.08. The maximum atomic E-state index is 11.5. The van der Waals surface area contributed by atoms with E-state index in [4.69, 9.17) is 9.15 Å². The first kappa shape index (κ1) is 13.5. The number of carbonyl (C=O) groups excluding carboxylic acids is 1. The van der Waals surface area contributed by atoms with Gasteiger partial charge >= 0.3 is 11.9 Å². The summed E-state index contributed by atoms with van der Waals surface area (Å²) >= 11 is 1.13. The summed E-state index contributed by atoms with van der Waals surface area (Å²) in [4.78, 5) is 19.8. The van der Waals surface area contributed by atoms with Gasteiger partial charge in [0.05, 0.1) is 18.2 Å². The molecule has 0 bridgehead atoms. The highest BCUT2D eigenvalue weighted by Gasteiger charge is 2.18. The Bertz CT molecular complexity index is 798. The molecule has 0 aliphatic rings. The third-order valence-corrected chi connectivity index (χ3v) is 3.39. The van der Waals surface area contributed by atoms with E-state index < -0.39 is 5.97 Å². The molecular formula is C11H10N6O3S. The molecule has 21 heavy (non-hydrogen) atoms. The molecule has 0 unspecified atom stereocenters. The van der Waals surface area contributed by atoms with Crippen molar-refractivity contribution >= 4 is 28.8 Å². The third-order valence-electron chi connectivity index (χ3n) is 2.53. The second-order valence-corrected chi connectivity index (χ2v) is 4.82. The number of aromatic nitrogens is 6. The fraction of sp³-hybridized carbons (Fsp3) is 0.273. The van der Waals surface area contributed by atoms with Gasteiger partial charge < -0.3 is 9.15 Å². The number of rotatable bonds is 4. The molecule has 10 heteroatoms. The molecule has 0 amide bonds. The number of aryl methyl sites for hydroxylation is 1. The van der Waals surface area contributed by atoms with Crippen LogP contribution in [-0.2, 0) is 11.8 Å². The number of nitrogens with zero attached hydrogens (tertiary/aromatic N) is 6. The zero-order valence-electron chi connectivity index (χ0n) is 11.2. The average Bonchev–Trinajstić information content (AvgIpc) is 3.08. The lowest BCUT2D eigenvalue weighted by molar-refractivity contribution is 0.0475. The van der Waals surface area contributed by atoms with Crippen molar-refractivity contribution in [2.75, 3.05) is 6.61 Å². The molecule has 0 fully saturated rings. The highest BCUT2D eigenvalue weighted by molar-refractivity contribution is 7.99. The van der Waals surface area contributed by atoms with Crippen molar-refractivity contribution in [1.82, 2.24) is 29.9 Å². The van der Waals surface area contributed by atoms with E-state index >= 15 is 0 Å². The van der Waals surface area contributed by atoms with Crippen molar-refractivity contribution in [3.05, 3.63) is 18.4 Å². The van der Waals surface area contributed by atoms with Crippen LogP contribution in [0, 0.1) is 0 Å². The van der Waals surface area contributed by atoms with Crippen molar-refractivity contribution in [3.63, 3.8) is 0 Å². The van der Waals surface area contributed by atoms with Crippen LogP contribution in [0.1, 0.15) is 17.6 Å². The van der Waals surface area contributed by atoms with Crippen LogP contribution in [0.2, 0.25) is 0 Å². The van der Waals surface area contributed by atoms with E-state index in [-0.39, 0.29) is 17.7 Å². The van der Waals surface area contributed by atoms with E-state index in [0.717, 1.165) is 17.1 Å². The van der Waals surface area contributed by atoms with Gasteiger partial charge in [0.15, 0.2) is 5.65 Å². The summed E-state index contributed by atoms with van der Waals surface area (Å²) < 4.78 is 11.7. The first-order chi connectivity index (χ1) is 10.2. The number of ether oxygens (including phenoxy) is 1. The largest absolute Gasteiger partial charge is 0.459 e. The van der Waals surface area contributed by atoms with Crippen LogP contribution in [0.3, 0.4) is 0 Å². The van der Waals surface area contributed by atoms with Crippen molar-refractivity contribution in [3.8, 4) is 0 Å². The second-order valence-electron chi connectivity index (χ2n) is 3.88. The maximum absolute atomic E-state index is 11.5. The Labute approximate surface area is 122 Å². The second kappa shape index (κ2) is 5.48. The highest BCUT2D eigenvalue weighted by atomic mass is 32.2. The minimum Gasteiger partial charge on any atom is -0.459 e. The van der Waals surface area contributed by atoms with Crippen molar-refractivity contribution < 1.29 is 13.9 Å². The van der Waals surface area contributed by atoms with E-state index in [9.17, 15) is 4.79 Å². The van der Waals surface area contributed by atoms with Gasteiger partial charge in [-0.2, -0.15) is 5.10 Å². The molecule has 3 heterocycles. The van der Waals surface area contributed by atoms with Crippen LogP contribution < -0.4 is 0 Å². The standard InChI is InChI=1S/C11H10N6O3S/c1-3-19-10(18)8-15-16-11(20-8)21-9-6-4-14-17(2)7(6)12-5-13-9/h4-5H,3H2,1-2H3. The van der Waals surface area contributed by atoms with Crippen LogP contribution in [0.25, 0.3) is 11.0 Å². The van der Waals surface area contributed by atoms with Gasteiger partial charge in [-0.15, -0.1) is 5.10 Å². The molecule has 3 aromatic rings. The van der Waals surface area contributed by atoms with Crippen LogP contribution >= 0.6 is 11.8 Å². The maximum Gasteiger partial charge on any atom is 0.396 e. The lowest BCUT2D eigenvalue weighted by Gasteiger charge is -1.97. The molecule has 0 aliphatic heterocycles. The van der Waals surface area contributed by atoms with Gasteiger partial charge in [0.2, 0.25) is 0 Å². The summed E-state index contributed by atoms with van der Waals surface area (Å²) in [5, 5.41) is 13.1. The molecule has 0 N–H and O–H groups in total. The van der Waals surface area contributed by atoms with Crippen LogP contribution in [-0.4, -0.2) is 42.5 Å². The molecule has 0 atom stereocenters. The van der Waals surface area contributed by atoms with Gasteiger partial charge in [0, 0.05) is 7.05 Å². The Hall–Kier alpha value is -2.49. The van der Waals surface area contributed by atoms with Crippen LogP contribution in [0.5, 0.6) is 0 Å². The molecule has 0 aromatic carbocycles. The van der Waals surface area contributed by atoms with Crippen molar-refractivity contribution in [2.45, 2.75) is 17.2 Å². The van der Waals surface area contributed by atoms with E-state index in [1.807, 2.05) is 0 Å². The van der Waals surface area contributed by atoms with Gasteiger partial charge in [-0.3, -0.25) is 4.68 Å². The number of esters is 1. The fourth-order valence-corrected chi connectivity index (χ4v) is 2.35. The minimum atomic E-state index is -0.647. The van der Waals surface area contributed by atoms with E-state index in [0.29, 0.717) is 10.7 Å². The zero-order chi connectivity index (χ0) is 14.8. The SMILES string of the molecule is CCOC(=O)c1nnc(Sc2ncnc3c2cnn3C)o1. The summed E-state index contributed by atoms with van der Waals surface area (Å²) in [6.45, 7) is 1.94. The Balaban J connectivity index is 1.87. The van der Waals surface area contributed by atoms with Gasteiger partial charge in [-0.05, 0) is 18.7 Å². The lowest BCUT2D eigenvalue weighted by Crippen LogP contribution is -2.04. The van der Waals surface area contributed by atoms with Gasteiger partial charge in [-0.1, -0.05) is 5.10 Å². The minimum absolute atomic E-state index is 0.184. The fourth-order valence-electron chi connectivity index (χ4n) is 1.63. The number of carbonyl (C=O) groups is 1. The monoisotopic (exact) mass is 306 g/mol. The Morgan fingerprint density at radius 1 is 1.43 bits per heavy atom. The zero-order valence-corrected chi connectivity index (χ0v) is 12.0. The molecule has 0 saturated carbocycles. The number of hydrogen-bond donors (Lipinski definition) is 0. The molecule has 3 rings (SSSR count). The smallest absolute Gasteiger partial charge is 0.396 e. The van der Waals surface area contributed by atoms with Gasteiger partial charge in [-0.25, -0.2) is 14.8 Å². The molecular weight excluding hydrogens is 296 g/mol. The summed E-state index contributed by atoms with van der Waals surface area (Å²) in [6, 6.07) is 0. The molecule has 0 radical (unpaired) electrons. The number of hydrogen-bond acceptors (Lipinski definition) is 9. The quantitative estimate of drug-likeness (QED) is 0.516. The van der Waals surface area contributed by atoms with E-state index in [1.54, 1.807) is 24.9 Å². The summed E-state index contributed by atoms with van der Waals surface area (Å²) in [5.74, 6) is -0.832. The topological polar surface area (TPSA) is 109 Å². The van der Waals surface area contributed by atoms with Crippen LogP contribution in [0.15, 0.2) is 27.2 Å². The molecule has 9 nitrogen and oxygen atoms in total. The molecule has 0 spiro atoms. The Morgan fingerprint density at radius 2 is 2.29 bits per heavy atom. The van der Waals surface area contributed by atoms with Gasteiger partial charge in [0.1, 0.15) is 11.4 Å². The predicted octanol–water partition coefficient (Wildman–Crippen LogP) is 1.07. The van der Waals surface area contributed by atoms with Crippen molar-refractivity contribution in [1.29, 1.82) is 0 Å². The predicted molar refractivity (Wildman–Crippen MR) is 70.7 cm³/mol. The molecule has 0 aliphatic carbocycles. The third kappa shape index (κ3) is 2.57. The first-order valence-electron chi connectivity index (χ1n) is 6.00. The normalized spacial score (nSPS) is 11.0. The van der Waals surface area contributed by atoms with Crippen molar-refractivity contribution in [2.24, 2.45) is 7.05 Å². The van der Waals surface area contributed by atoms with E-state index in [2.05, 4.69) is 25.3 Å². The first-order valence-corrected chi connectivity index (χ1v) is 6.82. The average molecular weight is 306 g/mol. The molecule has 108 valence electrons. The Morgan fingerprint density at radius 3 is 3.10 bits per heavy atom. The Kier molecular flexibility index (Phi) is 3.52. The lowest BCUT2D eigenvalue weighted by atomic mass is 10.4. The molecule has 3 aromatic heterocycles. The van der Waals surface area contributed by atoms with E-state index in [1.165, 1.54) is 6.33 Å². The highest BCUT2D eigenvalue weighted by Crippen LogP contribution is 2.29.